The van der Waals surface area contributed by atoms with E-state index in [1.54, 1.807) is 0 Å². The predicted molar refractivity (Wildman–Crippen MR) is 55.3 cm³/mol. The third kappa shape index (κ3) is 2.67. The first-order chi connectivity index (χ1) is 7.56. The second-order valence-electron chi connectivity index (χ2n) is 2.65. The number of hydrazone groups is 1. The molecule has 7 nitrogen and oxygen atoms in total. The third-order valence-corrected chi connectivity index (χ3v) is 1.99. The Bertz CT molecular complexity index is 486. The lowest BCUT2D eigenvalue weighted by molar-refractivity contribution is -0.485. The molecule has 0 unspecified atom stereocenters. The normalized spacial score (nSPS) is 10.3. The molecule has 0 fully saturated rings. The Balaban J connectivity index is 3.12. The van der Waals surface area contributed by atoms with E-state index in [0.717, 1.165) is 12.3 Å². The lowest BCUT2D eigenvalue weighted by atomic mass is 10.1. The Morgan fingerprint density at radius 1 is 1.62 bits per heavy atom. The summed E-state index contributed by atoms with van der Waals surface area (Å²) in [7, 11) is 0. The number of hydrogen-bond acceptors (Lipinski definition) is 3. The number of rotatable bonds is 4. The molecule has 1 aromatic rings. The van der Waals surface area contributed by atoms with Crippen LogP contribution in [0.4, 0.5) is 5.69 Å². The first-order valence-corrected chi connectivity index (χ1v) is 4.34. The van der Waals surface area contributed by atoms with Crippen LogP contribution in [-0.2, 0) is 0 Å². The van der Waals surface area contributed by atoms with Crippen LogP contribution in [0.25, 0.3) is 5.53 Å². The molecule has 0 amide bonds. The monoisotopic (exact) mass is 240 g/mol. The van der Waals surface area contributed by atoms with E-state index in [9.17, 15) is 14.9 Å². The number of nitro benzene ring substituents is 1. The second kappa shape index (κ2) is 5.08. The quantitative estimate of drug-likeness (QED) is 0.272. The molecule has 0 aliphatic rings. The molecule has 16 heavy (non-hydrogen) atoms. The minimum Gasteiger partial charge on any atom is -0.289 e. The van der Waals surface area contributed by atoms with Crippen LogP contribution in [-0.4, -0.2) is 16.9 Å². The summed E-state index contributed by atoms with van der Waals surface area (Å²) >= 11 is 5.56. The molecule has 0 saturated carbocycles. The topological polar surface area (TPSA) is 109 Å². The summed E-state index contributed by atoms with van der Waals surface area (Å²) in [5.41, 5.74) is 7.81. The van der Waals surface area contributed by atoms with E-state index in [2.05, 4.69) is 5.10 Å². The van der Waals surface area contributed by atoms with Gasteiger partial charge in [0.15, 0.2) is 5.78 Å². The Morgan fingerprint density at radius 2 is 2.31 bits per heavy atom. The number of benzene rings is 1. The first kappa shape index (κ1) is 11.9. The molecule has 0 spiro atoms. The van der Waals surface area contributed by atoms with Gasteiger partial charge in [0.2, 0.25) is 0 Å². The molecule has 1 rings (SSSR count). The number of nitrogens with one attached hydrogen (secondary N) is 1. The molecule has 1 aromatic carbocycles. The van der Waals surface area contributed by atoms with Gasteiger partial charge in [0.25, 0.3) is 5.69 Å². The third-order valence-electron chi connectivity index (χ3n) is 1.67. The highest BCUT2D eigenvalue weighted by molar-refractivity contribution is 6.36. The minimum atomic E-state index is -0.694. The van der Waals surface area contributed by atoms with Crippen LogP contribution in [0, 0.1) is 10.1 Å². The second-order valence-corrected chi connectivity index (χ2v) is 3.05. The van der Waals surface area contributed by atoms with Gasteiger partial charge in [0.05, 0.1) is 4.92 Å². The van der Waals surface area contributed by atoms with Crippen molar-refractivity contribution in [3.8, 4) is 0 Å². The number of nitrogens with zero attached hydrogens (tertiary/aromatic N) is 3. The standard InChI is InChI=1S/C8H5ClN4O3/c9-6-2-1-5(3-7(6)13(15)16)8(14)4-11-12-10/h1-4,12H. The van der Waals surface area contributed by atoms with Crippen molar-refractivity contribution in [2.24, 2.45) is 5.10 Å². The van der Waals surface area contributed by atoms with Gasteiger partial charge in [-0.3, -0.25) is 14.9 Å². The van der Waals surface area contributed by atoms with Crippen LogP contribution in [0.2, 0.25) is 5.02 Å². The van der Waals surface area contributed by atoms with Crippen molar-refractivity contribution in [1.82, 2.24) is 0 Å². The molecule has 0 aromatic heterocycles. The minimum absolute atomic E-state index is 0.0510. The van der Waals surface area contributed by atoms with Crippen LogP contribution < -0.4 is 5.22 Å². The number of carbonyl (C=O) groups excluding carboxylic acids is 1. The summed E-state index contributed by atoms with van der Waals surface area (Å²) in [5, 5.41) is 15.0. The fourth-order valence-electron chi connectivity index (χ4n) is 0.968. The molecule has 82 valence electrons. The summed E-state index contributed by atoms with van der Waals surface area (Å²) < 4.78 is 0. The summed E-state index contributed by atoms with van der Waals surface area (Å²) in [4.78, 5) is 21.2. The Labute approximate surface area is 94.4 Å². The number of ketones is 1. The summed E-state index contributed by atoms with van der Waals surface area (Å²) in [6.45, 7) is 0. The van der Waals surface area contributed by atoms with Gasteiger partial charge in [-0.2, -0.15) is 15.9 Å². The van der Waals surface area contributed by atoms with Crippen molar-refractivity contribution >= 4 is 29.3 Å². The maximum absolute atomic E-state index is 11.3. The first-order valence-electron chi connectivity index (χ1n) is 3.96. The molecule has 0 aliphatic heterocycles. The van der Waals surface area contributed by atoms with E-state index >= 15 is 0 Å². The SMILES string of the molecule is [N-]=[NH+]N=CC(=O)c1ccc(Cl)c([N+](=O)[O-])c1. The smallest absolute Gasteiger partial charge is 0.288 e. The zero-order chi connectivity index (χ0) is 12.1. The molecule has 0 aliphatic carbocycles. The van der Waals surface area contributed by atoms with Crippen molar-refractivity contribution in [2.45, 2.75) is 0 Å². The van der Waals surface area contributed by atoms with E-state index in [1.807, 2.05) is 0 Å². The van der Waals surface area contributed by atoms with E-state index < -0.39 is 10.7 Å². The van der Waals surface area contributed by atoms with Crippen LogP contribution in [0.1, 0.15) is 10.4 Å². The number of hydrogen-bond donors (Lipinski definition) is 1. The van der Waals surface area contributed by atoms with Crippen molar-refractivity contribution < 1.29 is 14.9 Å². The molecule has 0 radical (unpaired) electrons. The van der Waals surface area contributed by atoms with Gasteiger partial charge in [0, 0.05) is 17.8 Å². The molecule has 0 saturated heterocycles. The van der Waals surface area contributed by atoms with Crippen LogP contribution in [0.5, 0.6) is 0 Å². The molecule has 0 atom stereocenters. The lowest BCUT2D eigenvalue weighted by Crippen LogP contribution is -2.54. The predicted octanol–water partition coefficient (Wildman–Crippen LogP) is 0.519. The average Bonchev–Trinajstić information content (AvgIpc) is 2.26. The van der Waals surface area contributed by atoms with Crippen molar-refractivity contribution in [1.29, 1.82) is 0 Å². The molecular formula is C8H5ClN4O3. The maximum Gasteiger partial charge on any atom is 0.288 e. The summed E-state index contributed by atoms with van der Waals surface area (Å²) in [6.07, 6.45) is 0.785. The highest BCUT2D eigenvalue weighted by atomic mass is 35.5. The summed E-state index contributed by atoms with van der Waals surface area (Å²) in [6, 6.07) is 3.60. The van der Waals surface area contributed by atoms with Gasteiger partial charge >= 0.3 is 0 Å². The molecule has 8 heteroatoms. The average molecular weight is 241 g/mol. The van der Waals surface area contributed by atoms with Crippen molar-refractivity contribution in [2.75, 3.05) is 0 Å². The largest absolute Gasteiger partial charge is 0.289 e. The fourth-order valence-corrected chi connectivity index (χ4v) is 1.15. The van der Waals surface area contributed by atoms with E-state index in [0.29, 0.717) is 0 Å². The highest BCUT2D eigenvalue weighted by Crippen LogP contribution is 2.24. The Morgan fingerprint density at radius 3 is 2.88 bits per heavy atom. The zero-order valence-corrected chi connectivity index (χ0v) is 8.51. The van der Waals surface area contributed by atoms with E-state index in [1.165, 1.54) is 17.4 Å². The lowest BCUT2D eigenvalue weighted by Gasteiger charge is -1.98. The van der Waals surface area contributed by atoms with Crippen molar-refractivity contribution in [3.63, 3.8) is 0 Å². The Hall–Kier alpha value is -2.15. The number of Topliss-reactive ketones (excluding diaryl/α,β-unsaturated/α-hetero) is 1. The van der Waals surface area contributed by atoms with E-state index in [-0.39, 0.29) is 16.3 Å². The Kier molecular flexibility index (Phi) is 3.78. The zero-order valence-electron chi connectivity index (χ0n) is 7.75. The van der Waals surface area contributed by atoms with Gasteiger partial charge < -0.3 is 0 Å². The van der Waals surface area contributed by atoms with Gasteiger partial charge in [-0.05, 0) is 12.1 Å². The van der Waals surface area contributed by atoms with Crippen LogP contribution >= 0.6 is 11.6 Å². The highest BCUT2D eigenvalue weighted by Gasteiger charge is 2.14. The number of halogens is 1. The van der Waals surface area contributed by atoms with Gasteiger partial charge in [-0.25, -0.2) is 0 Å². The summed E-state index contributed by atoms with van der Waals surface area (Å²) in [5.74, 6) is -0.596. The van der Waals surface area contributed by atoms with Gasteiger partial charge in [-0.15, -0.1) is 0 Å². The number of carbonyl (C=O) groups is 1. The fraction of sp³-hybridized carbons (Fsp3) is 0. The molecule has 0 bridgehead atoms. The van der Waals surface area contributed by atoms with E-state index in [4.69, 9.17) is 17.1 Å². The molecular weight excluding hydrogens is 236 g/mol. The van der Waals surface area contributed by atoms with Gasteiger partial charge in [0.1, 0.15) is 5.02 Å². The maximum atomic E-state index is 11.3. The van der Waals surface area contributed by atoms with Crippen molar-refractivity contribution in [3.05, 3.63) is 44.4 Å². The number of nitro groups is 1. The van der Waals surface area contributed by atoms with Crippen LogP contribution in [0.15, 0.2) is 23.3 Å². The van der Waals surface area contributed by atoms with Crippen LogP contribution in [0.3, 0.4) is 0 Å². The molecule has 1 N–H and O–H groups in total. The van der Waals surface area contributed by atoms with Gasteiger partial charge in [-0.1, -0.05) is 11.6 Å². The molecule has 0 heterocycles.